The molecule has 362 valence electrons. The van der Waals surface area contributed by atoms with Gasteiger partial charge in [0.05, 0.1) is 30.4 Å². The molecule has 0 saturated carbocycles. The van der Waals surface area contributed by atoms with Gasteiger partial charge >= 0.3 is 0 Å². The molecule has 0 amide bonds. The number of rotatable bonds is 7. The van der Waals surface area contributed by atoms with Crippen LogP contribution in [0, 0.1) is 18.5 Å². The van der Waals surface area contributed by atoms with Crippen LogP contribution in [0.5, 0.6) is 11.5 Å². The number of para-hydroxylation sites is 4. The van der Waals surface area contributed by atoms with E-state index >= 15 is 0 Å². The molecule has 73 heavy (non-hydrogen) atoms. The molecule has 0 atom stereocenters. The molecule has 12 aromatic rings. The first-order chi connectivity index (χ1) is 39.0. The van der Waals surface area contributed by atoms with Crippen molar-refractivity contribution in [3.8, 4) is 50.9 Å². The Labute approximate surface area is 454 Å². The summed E-state index contributed by atoms with van der Waals surface area (Å²) >= 11 is 0. The number of nitrogens with zero attached hydrogens (tertiary/aromatic N) is 4. The first-order valence-corrected chi connectivity index (χ1v) is 24.3. The van der Waals surface area contributed by atoms with Crippen molar-refractivity contribution in [2.45, 2.75) is 77.6 Å². The molecule has 0 radical (unpaired) electrons. The largest absolute Gasteiger partial charge is 0.519 e. The van der Waals surface area contributed by atoms with Crippen LogP contribution in [0.1, 0.15) is 91.7 Å². The van der Waals surface area contributed by atoms with Crippen molar-refractivity contribution in [2.75, 3.05) is 0 Å². The van der Waals surface area contributed by atoms with Gasteiger partial charge in [0.25, 0.3) is 6.33 Å². The van der Waals surface area contributed by atoms with E-state index in [1.165, 1.54) is 5.56 Å². The van der Waals surface area contributed by atoms with Crippen LogP contribution in [0.15, 0.2) is 180 Å². The minimum Gasteiger partial charge on any atom is -0.519 e. The van der Waals surface area contributed by atoms with E-state index in [9.17, 15) is 5.48 Å². The topological polar surface area (TPSA) is 49.0 Å². The van der Waals surface area contributed by atoms with Gasteiger partial charge in [-0.15, -0.1) is 29.7 Å². The number of hydrogen-bond acceptors (Lipinski definition) is 3. The first-order valence-electron chi connectivity index (χ1n) is 29.3. The van der Waals surface area contributed by atoms with Crippen LogP contribution in [-0.2, 0) is 37.3 Å². The average Bonchev–Trinajstić information content (AvgIpc) is 2.03. The van der Waals surface area contributed by atoms with E-state index in [1.54, 1.807) is 27.3 Å². The van der Waals surface area contributed by atoms with Crippen LogP contribution >= 0.6 is 0 Å². The molecular weight excluding hydrogens is 1080 g/mol. The third kappa shape index (κ3) is 7.64. The van der Waals surface area contributed by atoms with Crippen LogP contribution in [-0.4, -0.2) is 14.1 Å². The molecule has 4 aromatic heterocycles. The van der Waals surface area contributed by atoms with E-state index in [0.717, 1.165) is 67.9 Å². The molecule has 4 heterocycles. The van der Waals surface area contributed by atoms with Gasteiger partial charge in [-0.05, 0) is 91.7 Å². The van der Waals surface area contributed by atoms with Crippen molar-refractivity contribution < 1.29 is 48.5 Å². The van der Waals surface area contributed by atoms with E-state index in [4.69, 9.17) is 22.4 Å². The predicted molar refractivity (Wildman–Crippen MR) is 292 cm³/mol. The number of benzene rings is 8. The molecule has 0 fully saturated rings. The van der Waals surface area contributed by atoms with Crippen LogP contribution in [0.2, 0.25) is 0 Å². The van der Waals surface area contributed by atoms with Crippen LogP contribution < -0.4 is 9.30 Å². The average molecular weight is 1140 g/mol. The zero-order chi connectivity index (χ0) is 57.8. The van der Waals surface area contributed by atoms with E-state index in [0.29, 0.717) is 33.8 Å². The Bertz CT molecular complexity index is 4600. The zero-order valence-corrected chi connectivity index (χ0v) is 43.6. The van der Waals surface area contributed by atoms with Gasteiger partial charge in [0.1, 0.15) is 11.4 Å². The Morgan fingerprint density at radius 2 is 1.33 bits per heavy atom. The fourth-order valence-electron chi connectivity index (χ4n) is 10.8. The molecule has 0 N–H and O–H groups in total. The molecule has 0 spiro atoms. The van der Waals surface area contributed by atoms with E-state index in [-0.39, 0.29) is 65.3 Å². The smallest absolute Gasteiger partial charge is 0.268 e. The molecule has 6 nitrogen and oxygen atoms in total. The molecule has 1 aliphatic carbocycles. The molecule has 7 heteroatoms. The molecule has 0 unspecified atom stereocenters. The second-order valence-corrected chi connectivity index (χ2v) is 21.1. The van der Waals surface area contributed by atoms with Crippen molar-refractivity contribution in [3.63, 3.8) is 0 Å². The number of pyridine rings is 1. The van der Waals surface area contributed by atoms with Gasteiger partial charge in [-0.1, -0.05) is 193 Å². The first kappa shape index (κ1) is 36.4. The number of imidazole rings is 1. The van der Waals surface area contributed by atoms with Crippen molar-refractivity contribution in [3.05, 3.63) is 211 Å². The van der Waals surface area contributed by atoms with Gasteiger partial charge in [-0.2, -0.15) is 6.07 Å². The molecule has 0 bridgehead atoms. The number of aromatic nitrogens is 4. The summed E-state index contributed by atoms with van der Waals surface area (Å²) in [6, 6.07) is 36.6. The van der Waals surface area contributed by atoms with Gasteiger partial charge < -0.3 is 18.3 Å². The van der Waals surface area contributed by atoms with Gasteiger partial charge in [-0.25, -0.2) is 4.98 Å². The number of furan rings is 1. The number of hydrogen-bond donors (Lipinski definition) is 0. The Kier molecular flexibility index (Phi) is 8.63. The molecular formula is C66H54N4O2Pt-2. The summed E-state index contributed by atoms with van der Waals surface area (Å²) in [6.07, 6.45) is 7.33. The van der Waals surface area contributed by atoms with E-state index < -0.39 is 60.4 Å². The SMILES string of the molecule is [2H]c1c([2H])c([2H])c(-c2cccc(-c3c([2H])c([2H])c([2H])c([2H])c3[2H])c2-[n+]2[c-]n(-c3[c-]c(Oc4[c-]c5c(cc4)c4ccccc4n5-c4cc(C(C)(C)C)ccn4)cc4c3oc3c5c(ccc34)C(C)(C)CCC5(C)C)c3ccccc32)c([2H])c1[2H].[Pt]. The molecule has 0 saturated heterocycles. The van der Waals surface area contributed by atoms with Crippen molar-refractivity contribution in [1.82, 2.24) is 14.1 Å². The fraction of sp³-hybridized carbons (Fsp3) is 0.182. The molecule has 13 rings (SSSR count). The number of fused-ring (bicyclic) bond motifs is 9. The minimum atomic E-state index is -0.582. The monoisotopic (exact) mass is 1140 g/mol. The second-order valence-electron chi connectivity index (χ2n) is 21.1. The molecule has 0 aliphatic heterocycles. The minimum absolute atomic E-state index is 0. The Morgan fingerprint density at radius 1 is 0.658 bits per heavy atom. The summed E-state index contributed by atoms with van der Waals surface area (Å²) in [5.74, 6) is 1.48. The third-order valence-electron chi connectivity index (χ3n) is 14.6. The van der Waals surface area contributed by atoms with Crippen LogP contribution in [0.4, 0.5) is 0 Å². The summed E-state index contributed by atoms with van der Waals surface area (Å²) in [6.45, 7) is 15.6. The normalized spacial score (nSPS) is 16.2. The third-order valence-corrected chi connectivity index (χ3v) is 14.6. The number of ether oxygens (including phenoxy) is 1. The van der Waals surface area contributed by atoms with Crippen molar-refractivity contribution >= 4 is 54.8 Å². The quantitative estimate of drug-likeness (QED) is 0.118. The van der Waals surface area contributed by atoms with Gasteiger partial charge in [-0.3, -0.25) is 4.57 Å². The van der Waals surface area contributed by atoms with Crippen molar-refractivity contribution in [1.29, 1.82) is 0 Å². The van der Waals surface area contributed by atoms with Gasteiger partial charge in [0.15, 0.2) is 0 Å². The maximum Gasteiger partial charge on any atom is 0.268 e. The summed E-state index contributed by atoms with van der Waals surface area (Å²) in [7, 11) is 0. The van der Waals surface area contributed by atoms with Crippen molar-refractivity contribution in [2.24, 2.45) is 0 Å². The summed E-state index contributed by atoms with van der Waals surface area (Å²) in [5.41, 5.74) is 7.39. The fourth-order valence-corrected chi connectivity index (χ4v) is 10.8. The molecule has 1 aliphatic rings. The second kappa shape index (κ2) is 17.3. The van der Waals surface area contributed by atoms with E-state index in [2.05, 4.69) is 102 Å². The van der Waals surface area contributed by atoms with Crippen LogP contribution in [0.3, 0.4) is 0 Å². The maximum absolute atomic E-state index is 9.23. The standard InChI is InChI=1S/C66H54N4O2.Pt/c1-64(2,3)44-33-36-67-59(37-44)70-54-26-15-14-23-49(54)50-30-29-45(39-57(50)70)71-46-38-52-51-31-32-53-60(66(6,7)35-34-65(53,4)5)63(51)72-62(52)58(40-46)68-41-69(56-28-17-16-27-55(56)68)61-47(42-19-10-8-11-20-42)24-18-25-48(61)43-21-12-9-13-22-43;/h8-33,36-38H,34-35H2,1-7H3;/q-2;/i8D,9D,10D,11D,12D,13D,19D,20D,21D,22D;. The Morgan fingerprint density at radius 3 is 2.05 bits per heavy atom. The van der Waals surface area contributed by atoms with Crippen LogP contribution in [0.25, 0.3) is 94.2 Å². The van der Waals surface area contributed by atoms with Gasteiger partial charge in [0, 0.05) is 60.8 Å². The summed E-state index contributed by atoms with van der Waals surface area (Å²) in [5, 5.41) is 3.59. The van der Waals surface area contributed by atoms with E-state index in [1.807, 2.05) is 66.9 Å². The molecule has 8 aromatic carbocycles. The predicted octanol–water partition coefficient (Wildman–Crippen LogP) is 16.5. The zero-order valence-electron chi connectivity index (χ0n) is 51.3. The summed E-state index contributed by atoms with van der Waals surface area (Å²) < 4.78 is 109. The van der Waals surface area contributed by atoms with Gasteiger partial charge in [0.2, 0.25) is 0 Å². The maximum atomic E-state index is 9.23. The summed E-state index contributed by atoms with van der Waals surface area (Å²) in [4.78, 5) is 4.89. The Balaban J connectivity index is 0.00000680. The Hall–Kier alpha value is -7.53.